The summed E-state index contributed by atoms with van der Waals surface area (Å²) in [6.45, 7) is 0. The number of carbonyl (C=O) groups excluding carboxylic acids is 4. The van der Waals surface area contributed by atoms with Crippen molar-refractivity contribution >= 4 is 227 Å². The van der Waals surface area contributed by atoms with Crippen LogP contribution in [-0.4, -0.2) is 33.6 Å². The average molecular weight is 1750 g/mol. The van der Waals surface area contributed by atoms with E-state index in [0.717, 1.165) is 262 Å². The molecule has 0 aliphatic rings. The van der Waals surface area contributed by atoms with E-state index < -0.39 is 9.84 Å². The van der Waals surface area contributed by atoms with Crippen molar-refractivity contribution in [3.8, 4) is 89.0 Å². The van der Waals surface area contributed by atoms with Gasteiger partial charge in [0, 0.05) is 73.7 Å². The summed E-state index contributed by atoms with van der Waals surface area (Å²) in [5.74, 6) is 0. The van der Waals surface area contributed by atoms with Crippen LogP contribution in [0.15, 0.2) is 410 Å². The molecule has 26 rings (SSSR count). The standard InChI is InChI=1S/C124H70O6S3/c125-67-71-33-37-79-61-83(45-41-75(79)57-71)113-89-17-1-5-21-93(89)117(94-22-6-2-18-90(94)113)87-49-51-105-111(65-87)131-109-55-53-107(119-101-29-13-9-25-97(101)115(98-26-10-14-30-102(98)119)85-47-43-77-59-73(69-127)35-39-81(77)63-85)123(121(105)109)133(129,130)124-108(120-103-31-15-11-27-99(103)116(100-28-12-16-32-104(100)120)86-48-44-78-60-74(70-128)36-40-82(78)64-86)54-56-110-122(124)106-52-50-88(66-112(106)132-110)118-95-23-7-3-19-91(95)114(92-20-4-8-24-96(92)118)84-46-42-76-58-72(68-126)34-38-80(76)62-84/h1-70H. The molecule has 24 aromatic carbocycles. The van der Waals surface area contributed by atoms with Crippen molar-refractivity contribution in [1.29, 1.82) is 0 Å². The third kappa shape index (κ3) is 12.0. The van der Waals surface area contributed by atoms with Crippen molar-refractivity contribution in [3.05, 3.63) is 423 Å². The van der Waals surface area contributed by atoms with E-state index in [1.807, 2.05) is 72.8 Å². The van der Waals surface area contributed by atoms with Gasteiger partial charge in [-0.25, -0.2) is 8.42 Å². The molecule has 0 spiro atoms. The van der Waals surface area contributed by atoms with E-state index in [1.165, 1.54) is 0 Å². The van der Waals surface area contributed by atoms with E-state index in [0.29, 0.717) is 44.2 Å². The number of thiophene rings is 2. The minimum atomic E-state index is -4.94. The van der Waals surface area contributed by atoms with Crippen LogP contribution in [0.2, 0.25) is 0 Å². The summed E-state index contributed by atoms with van der Waals surface area (Å²) in [6.07, 6.45) is 3.55. The fraction of sp³-hybridized carbons (Fsp3) is 0. The van der Waals surface area contributed by atoms with Crippen LogP contribution in [0.25, 0.3) is 259 Å². The molecule has 0 aliphatic heterocycles. The molecule has 0 saturated heterocycles. The Bertz CT molecular complexity index is 9080. The topological polar surface area (TPSA) is 102 Å². The van der Waals surface area contributed by atoms with E-state index in [2.05, 4.69) is 328 Å². The molecule has 0 unspecified atom stereocenters. The van der Waals surface area contributed by atoms with Gasteiger partial charge in [-0.2, -0.15) is 0 Å². The zero-order valence-electron chi connectivity index (χ0n) is 71.1. The van der Waals surface area contributed by atoms with Crippen LogP contribution in [0.3, 0.4) is 0 Å². The van der Waals surface area contributed by atoms with Crippen molar-refractivity contribution in [2.24, 2.45) is 0 Å². The van der Waals surface area contributed by atoms with Crippen molar-refractivity contribution in [3.63, 3.8) is 0 Å². The van der Waals surface area contributed by atoms with Gasteiger partial charge in [0.15, 0.2) is 0 Å². The second kappa shape index (κ2) is 30.3. The van der Waals surface area contributed by atoms with Crippen LogP contribution in [0.1, 0.15) is 41.4 Å². The lowest BCUT2D eigenvalue weighted by Gasteiger charge is -2.23. The molecule has 0 amide bonds. The average Bonchev–Trinajstić information content (AvgIpc) is 1.60. The Labute approximate surface area is 770 Å². The molecule has 0 fully saturated rings. The molecular weight excluding hydrogens is 1680 g/mol. The smallest absolute Gasteiger partial charge is 0.209 e. The van der Waals surface area contributed by atoms with Gasteiger partial charge in [-0.15, -0.1) is 22.7 Å². The van der Waals surface area contributed by atoms with Crippen LogP contribution in [0, 0.1) is 0 Å². The summed E-state index contributed by atoms with van der Waals surface area (Å²) in [4.78, 5) is 48.8. The molecule has 620 valence electrons. The predicted molar refractivity (Wildman–Crippen MR) is 559 cm³/mol. The first-order valence-electron chi connectivity index (χ1n) is 44.5. The molecule has 0 N–H and O–H groups in total. The molecule has 2 aromatic heterocycles. The Hall–Kier alpha value is -16.5. The fourth-order valence-corrected chi connectivity index (χ4v) is 26.5. The van der Waals surface area contributed by atoms with Gasteiger partial charge >= 0.3 is 0 Å². The number of rotatable bonds is 14. The molecular formula is C124H70O6S3. The Morgan fingerprint density at radius 3 is 0.594 bits per heavy atom. The molecule has 0 saturated carbocycles. The van der Waals surface area contributed by atoms with Crippen molar-refractivity contribution < 1.29 is 27.6 Å². The molecule has 2 heterocycles. The summed E-state index contributed by atoms with van der Waals surface area (Å²) in [5.41, 5.74) is 17.5. The maximum atomic E-state index is 19.4. The summed E-state index contributed by atoms with van der Waals surface area (Å²) < 4.78 is 42.2. The monoisotopic (exact) mass is 1750 g/mol. The Morgan fingerprint density at radius 1 is 0.173 bits per heavy atom. The van der Waals surface area contributed by atoms with Gasteiger partial charge in [-0.1, -0.05) is 328 Å². The summed E-state index contributed by atoms with van der Waals surface area (Å²) >= 11 is 3.22. The number of hydrogen-bond donors (Lipinski definition) is 0. The van der Waals surface area contributed by atoms with Gasteiger partial charge in [-0.3, -0.25) is 19.2 Å². The van der Waals surface area contributed by atoms with Crippen LogP contribution >= 0.6 is 22.7 Å². The minimum Gasteiger partial charge on any atom is -0.298 e. The summed E-state index contributed by atoms with van der Waals surface area (Å²) in [5, 5.41) is 26.6. The maximum absolute atomic E-state index is 19.4. The second-order valence-corrected chi connectivity index (χ2v) is 38.9. The fourth-order valence-electron chi connectivity index (χ4n) is 22.0. The zero-order chi connectivity index (χ0) is 88.6. The highest BCUT2D eigenvalue weighted by molar-refractivity contribution is 7.92. The molecule has 0 radical (unpaired) electrons. The number of aldehydes is 4. The van der Waals surface area contributed by atoms with Crippen LogP contribution in [0.4, 0.5) is 0 Å². The van der Waals surface area contributed by atoms with Crippen LogP contribution < -0.4 is 0 Å². The maximum Gasteiger partial charge on any atom is 0.209 e. The highest BCUT2D eigenvalue weighted by Crippen LogP contribution is 2.57. The molecule has 0 atom stereocenters. The molecule has 9 heteroatoms. The van der Waals surface area contributed by atoms with Gasteiger partial charge in [0.2, 0.25) is 9.84 Å². The van der Waals surface area contributed by atoms with E-state index >= 15 is 8.42 Å². The summed E-state index contributed by atoms with van der Waals surface area (Å²) in [7, 11) is -4.94. The number of benzene rings is 24. The van der Waals surface area contributed by atoms with Gasteiger partial charge in [-0.05, 0) is 280 Å². The van der Waals surface area contributed by atoms with Gasteiger partial charge in [0.05, 0.1) is 9.79 Å². The Kier molecular flexibility index (Phi) is 17.7. The largest absolute Gasteiger partial charge is 0.298 e. The first kappa shape index (κ1) is 77.6. The van der Waals surface area contributed by atoms with E-state index in [4.69, 9.17) is 0 Å². The van der Waals surface area contributed by atoms with Crippen molar-refractivity contribution in [1.82, 2.24) is 0 Å². The van der Waals surface area contributed by atoms with Gasteiger partial charge in [0.25, 0.3) is 0 Å². The van der Waals surface area contributed by atoms with Gasteiger partial charge in [0.1, 0.15) is 25.1 Å². The normalized spacial score (nSPS) is 12.1. The van der Waals surface area contributed by atoms with Crippen molar-refractivity contribution in [2.75, 3.05) is 0 Å². The molecule has 133 heavy (non-hydrogen) atoms. The van der Waals surface area contributed by atoms with E-state index in [9.17, 15) is 19.2 Å². The third-order valence-electron chi connectivity index (χ3n) is 27.7. The SMILES string of the molecule is O=Cc1ccc2cc(-c3c4ccccc4c(-c4ccc5c(c4)sc4ccc(-c6c7ccccc7c(-c7ccc8cc(C=O)ccc8c7)c7ccccc67)c(S(=O)(=O)c6c(-c7c8ccccc8c(-c8ccc9cc(C=O)ccc9c8)c8ccccc78)ccc7sc8cc(-c9c%10ccccc%10c(-c%10ccc%11cc(C=O)ccc%11c%10)c%10ccccc9%10)ccc8c67)c45)c4ccccc34)ccc2c1. The minimum absolute atomic E-state index is 0.195. The van der Waals surface area contributed by atoms with Crippen LogP contribution in [0.5, 0.6) is 0 Å². The van der Waals surface area contributed by atoms with Crippen LogP contribution in [-0.2, 0) is 9.84 Å². The molecule has 26 aromatic rings. The quantitative estimate of drug-likeness (QED) is 0.0794. The van der Waals surface area contributed by atoms with E-state index in [1.54, 1.807) is 22.7 Å². The lowest BCUT2D eigenvalue weighted by molar-refractivity contribution is 0.111. The third-order valence-corrected chi connectivity index (χ3v) is 31.9. The highest BCUT2D eigenvalue weighted by Gasteiger charge is 2.36. The molecule has 6 nitrogen and oxygen atoms in total. The highest BCUT2D eigenvalue weighted by atomic mass is 32.2. The predicted octanol–water partition coefficient (Wildman–Crippen LogP) is 33.7. The lowest BCUT2D eigenvalue weighted by atomic mass is 9.85. The molecule has 0 aliphatic carbocycles. The summed E-state index contributed by atoms with van der Waals surface area (Å²) in [6, 6.07) is 140. The second-order valence-electron chi connectivity index (χ2n) is 34.9. The molecule has 0 bridgehead atoms. The first-order chi connectivity index (χ1) is 65.5. The number of hydrogen-bond acceptors (Lipinski definition) is 8. The number of fused-ring (bicyclic) bond motifs is 18. The lowest BCUT2D eigenvalue weighted by Crippen LogP contribution is -2.08. The number of carbonyl (C=O) groups is 4. The van der Waals surface area contributed by atoms with Crippen molar-refractivity contribution in [2.45, 2.75) is 9.79 Å². The Balaban J connectivity index is 0.764. The van der Waals surface area contributed by atoms with E-state index in [-0.39, 0.29) is 9.79 Å². The van der Waals surface area contributed by atoms with Gasteiger partial charge < -0.3 is 0 Å². The first-order valence-corrected chi connectivity index (χ1v) is 47.6. The Morgan fingerprint density at radius 2 is 0.368 bits per heavy atom. The zero-order valence-corrected chi connectivity index (χ0v) is 73.5. The number of sulfone groups is 1.